The smallest absolute Gasteiger partial charge is 0.259 e. The Morgan fingerprint density at radius 3 is 2.38 bits per heavy atom. The minimum atomic E-state index is -0.787. The third-order valence-corrected chi connectivity index (χ3v) is 3.76. The molecular formula is C15H21ClF2N2O. The van der Waals surface area contributed by atoms with E-state index in [9.17, 15) is 13.6 Å². The van der Waals surface area contributed by atoms with E-state index < -0.39 is 23.1 Å². The van der Waals surface area contributed by atoms with E-state index in [1.165, 1.54) is 6.07 Å². The number of rotatable bonds is 4. The summed E-state index contributed by atoms with van der Waals surface area (Å²) in [5, 5.41) is 3.29. The van der Waals surface area contributed by atoms with Crippen LogP contribution in [-0.2, 0) is 0 Å². The Morgan fingerprint density at radius 2 is 1.86 bits per heavy atom. The molecule has 1 aromatic carbocycles. The summed E-state index contributed by atoms with van der Waals surface area (Å²) in [6, 6.07) is 3.51. The van der Waals surface area contributed by atoms with E-state index in [1.807, 2.05) is 0 Å². The molecule has 21 heavy (non-hydrogen) atoms. The Bertz CT molecular complexity index is 456. The van der Waals surface area contributed by atoms with Gasteiger partial charge in [-0.2, -0.15) is 0 Å². The largest absolute Gasteiger partial charge is 0.338 e. The van der Waals surface area contributed by atoms with Gasteiger partial charge >= 0.3 is 0 Å². The first-order valence-corrected chi connectivity index (χ1v) is 7.07. The summed E-state index contributed by atoms with van der Waals surface area (Å²) < 4.78 is 27.2. The van der Waals surface area contributed by atoms with Gasteiger partial charge in [0, 0.05) is 13.1 Å². The summed E-state index contributed by atoms with van der Waals surface area (Å²) in [6.07, 6.45) is 1.74. The summed E-state index contributed by atoms with van der Waals surface area (Å²) >= 11 is 0. The summed E-state index contributed by atoms with van der Waals surface area (Å²) in [5.74, 6) is -1.58. The number of likely N-dealkylation sites (tertiary alicyclic amines) is 1. The molecule has 0 atom stereocenters. The minimum Gasteiger partial charge on any atom is -0.338 e. The average Bonchev–Trinajstić information content (AvgIpc) is 2.45. The van der Waals surface area contributed by atoms with Gasteiger partial charge in [0.25, 0.3) is 5.91 Å². The van der Waals surface area contributed by atoms with Crippen molar-refractivity contribution in [3.8, 4) is 0 Å². The van der Waals surface area contributed by atoms with Crippen molar-refractivity contribution in [3.05, 3.63) is 35.4 Å². The quantitative estimate of drug-likeness (QED) is 0.926. The van der Waals surface area contributed by atoms with E-state index in [2.05, 4.69) is 12.2 Å². The molecule has 0 spiro atoms. The molecule has 1 heterocycles. The Kier molecular flexibility index (Phi) is 7.05. The molecule has 1 aromatic rings. The van der Waals surface area contributed by atoms with Crippen LogP contribution in [0.4, 0.5) is 8.78 Å². The highest BCUT2D eigenvalue weighted by atomic mass is 35.5. The third-order valence-electron chi connectivity index (χ3n) is 3.76. The van der Waals surface area contributed by atoms with Crippen molar-refractivity contribution in [2.45, 2.75) is 19.8 Å². The molecular weight excluding hydrogens is 298 g/mol. The number of halogens is 3. The van der Waals surface area contributed by atoms with Crippen molar-refractivity contribution in [2.24, 2.45) is 5.92 Å². The van der Waals surface area contributed by atoms with Gasteiger partial charge in [0.2, 0.25) is 0 Å². The molecule has 6 heteroatoms. The molecule has 0 aromatic heterocycles. The number of nitrogens with zero attached hydrogens (tertiary/aromatic N) is 1. The average molecular weight is 319 g/mol. The predicted molar refractivity (Wildman–Crippen MR) is 80.8 cm³/mol. The van der Waals surface area contributed by atoms with Crippen LogP contribution in [0.1, 0.15) is 30.1 Å². The molecule has 0 saturated carbocycles. The van der Waals surface area contributed by atoms with Gasteiger partial charge in [0.1, 0.15) is 17.2 Å². The van der Waals surface area contributed by atoms with Crippen molar-refractivity contribution >= 4 is 18.3 Å². The molecule has 1 amide bonds. The van der Waals surface area contributed by atoms with Gasteiger partial charge in [-0.05, 0) is 44.0 Å². The van der Waals surface area contributed by atoms with Crippen molar-refractivity contribution < 1.29 is 13.6 Å². The first-order valence-electron chi connectivity index (χ1n) is 7.07. The number of hydrogen-bond donors (Lipinski definition) is 1. The van der Waals surface area contributed by atoms with Gasteiger partial charge in [-0.25, -0.2) is 8.78 Å². The first-order chi connectivity index (χ1) is 9.63. The van der Waals surface area contributed by atoms with Crippen molar-refractivity contribution in [1.29, 1.82) is 0 Å². The van der Waals surface area contributed by atoms with Gasteiger partial charge in [0.05, 0.1) is 0 Å². The van der Waals surface area contributed by atoms with E-state index in [-0.39, 0.29) is 12.4 Å². The summed E-state index contributed by atoms with van der Waals surface area (Å²) in [7, 11) is 0. The molecule has 0 bridgehead atoms. The van der Waals surface area contributed by atoms with Crippen molar-refractivity contribution in [2.75, 3.05) is 26.2 Å². The Morgan fingerprint density at radius 1 is 1.29 bits per heavy atom. The zero-order chi connectivity index (χ0) is 14.5. The zero-order valence-electron chi connectivity index (χ0n) is 12.1. The van der Waals surface area contributed by atoms with Gasteiger partial charge in [-0.1, -0.05) is 13.0 Å². The minimum absolute atomic E-state index is 0. The maximum Gasteiger partial charge on any atom is 0.259 e. The second kappa shape index (κ2) is 8.29. The lowest BCUT2D eigenvalue weighted by atomic mass is 9.96. The van der Waals surface area contributed by atoms with Gasteiger partial charge < -0.3 is 10.2 Å². The van der Waals surface area contributed by atoms with Crippen LogP contribution in [0.25, 0.3) is 0 Å². The summed E-state index contributed by atoms with van der Waals surface area (Å²) in [6.45, 7) is 5.04. The number of hydrogen-bond acceptors (Lipinski definition) is 2. The number of carbonyl (C=O) groups is 1. The molecule has 1 N–H and O–H groups in total. The number of benzene rings is 1. The maximum atomic E-state index is 13.6. The molecule has 0 aliphatic carbocycles. The molecule has 1 aliphatic heterocycles. The van der Waals surface area contributed by atoms with E-state index in [4.69, 9.17) is 0 Å². The Labute approximate surface area is 130 Å². The normalized spacial score (nSPS) is 15.7. The molecule has 1 saturated heterocycles. The lowest BCUT2D eigenvalue weighted by molar-refractivity contribution is 0.0680. The maximum absolute atomic E-state index is 13.6. The lowest BCUT2D eigenvalue weighted by Gasteiger charge is -2.32. The van der Waals surface area contributed by atoms with Gasteiger partial charge in [0.15, 0.2) is 0 Å². The summed E-state index contributed by atoms with van der Waals surface area (Å²) in [4.78, 5) is 13.7. The SMILES string of the molecule is CCNCC1CCN(C(=O)c2c(F)cccc2F)CC1.Cl. The standard InChI is InChI=1S/C15H20F2N2O.ClH/c1-2-18-10-11-6-8-19(9-7-11)15(20)14-12(16)4-3-5-13(14)17;/h3-5,11,18H,2,6-10H2,1H3;1H. The Balaban J connectivity index is 0.00000220. The second-order valence-corrected chi connectivity index (χ2v) is 5.14. The highest BCUT2D eigenvalue weighted by Crippen LogP contribution is 2.21. The first kappa shape index (κ1) is 17.9. The monoisotopic (exact) mass is 318 g/mol. The third kappa shape index (κ3) is 4.38. The van der Waals surface area contributed by atoms with Crippen LogP contribution in [-0.4, -0.2) is 37.0 Å². The molecule has 3 nitrogen and oxygen atoms in total. The van der Waals surface area contributed by atoms with Crippen LogP contribution in [0.3, 0.4) is 0 Å². The van der Waals surface area contributed by atoms with E-state index in [0.717, 1.165) is 38.1 Å². The topological polar surface area (TPSA) is 32.3 Å². The zero-order valence-corrected chi connectivity index (χ0v) is 12.9. The molecule has 0 unspecified atom stereocenters. The van der Waals surface area contributed by atoms with Crippen LogP contribution in [0.5, 0.6) is 0 Å². The van der Waals surface area contributed by atoms with Crippen LogP contribution in [0.2, 0.25) is 0 Å². The molecule has 1 fully saturated rings. The molecule has 2 rings (SSSR count). The highest BCUT2D eigenvalue weighted by molar-refractivity contribution is 5.94. The molecule has 1 aliphatic rings. The number of amides is 1. The Hall–Kier alpha value is -1.20. The van der Waals surface area contributed by atoms with Crippen molar-refractivity contribution in [3.63, 3.8) is 0 Å². The van der Waals surface area contributed by atoms with E-state index in [1.54, 1.807) is 4.90 Å². The number of nitrogens with one attached hydrogen (secondary N) is 1. The number of piperidine rings is 1. The van der Waals surface area contributed by atoms with E-state index >= 15 is 0 Å². The fourth-order valence-electron chi connectivity index (χ4n) is 2.55. The molecule has 118 valence electrons. The van der Waals surface area contributed by atoms with Crippen LogP contribution >= 0.6 is 12.4 Å². The molecule has 0 radical (unpaired) electrons. The van der Waals surface area contributed by atoms with Gasteiger partial charge in [-0.15, -0.1) is 12.4 Å². The highest BCUT2D eigenvalue weighted by Gasteiger charge is 2.27. The lowest BCUT2D eigenvalue weighted by Crippen LogP contribution is -2.41. The van der Waals surface area contributed by atoms with E-state index in [0.29, 0.717) is 19.0 Å². The van der Waals surface area contributed by atoms with Crippen LogP contribution in [0, 0.1) is 17.6 Å². The van der Waals surface area contributed by atoms with Crippen LogP contribution in [0.15, 0.2) is 18.2 Å². The summed E-state index contributed by atoms with van der Waals surface area (Å²) in [5.41, 5.74) is -0.433. The van der Waals surface area contributed by atoms with Crippen molar-refractivity contribution in [1.82, 2.24) is 10.2 Å². The van der Waals surface area contributed by atoms with Crippen LogP contribution < -0.4 is 5.32 Å². The second-order valence-electron chi connectivity index (χ2n) is 5.14. The fraction of sp³-hybridized carbons (Fsp3) is 0.533. The van der Waals surface area contributed by atoms with Gasteiger partial charge in [-0.3, -0.25) is 4.79 Å². The number of carbonyl (C=O) groups excluding carboxylic acids is 1. The predicted octanol–water partition coefficient (Wildman–Crippen LogP) is 2.85. The fourth-order valence-corrected chi connectivity index (χ4v) is 2.55.